The second kappa shape index (κ2) is 9.60. The molecule has 2 rings (SSSR count). The summed E-state index contributed by atoms with van der Waals surface area (Å²) in [4.78, 5) is 22.1. The van der Waals surface area contributed by atoms with Crippen LogP contribution in [0.25, 0.3) is 0 Å². The number of nitrogens with one attached hydrogen (secondary N) is 1. The van der Waals surface area contributed by atoms with Gasteiger partial charge in [0.15, 0.2) is 5.96 Å². The standard InChI is InChI=1S/C15H23N5O.HI/c1-20(12-7-3-2-4-8-12)14(21)11-18-15(16)19-13-9-5-6-10-17-13;/h5-6,9-10,12H,2-4,7-8,11H2,1H3,(H3,16,17,18,19);1H. The Kier molecular flexibility index (Phi) is 8.15. The molecule has 1 aliphatic carbocycles. The third kappa shape index (κ3) is 5.78. The number of pyridine rings is 1. The zero-order chi connectivity index (χ0) is 15.1. The zero-order valence-electron chi connectivity index (χ0n) is 12.9. The molecule has 7 heteroatoms. The van der Waals surface area contributed by atoms with Crippen LogP contribution < -0.4 is 11.1 Å². The van der Waals surface area contributed by atoms with Crippen molar-refractivity contribution >= 4 is 41.7 Å². The highest BCUT2D eigenvalue weighted by Gasteiger charge is 2.21. The average molecular weight is 417 g/mol. The summed E-state index contributed by atoms with van der Waals surface area (Å²) in [7, 11) is 1.86. The Hall–Kier alpha value is -1.38. The van der Waals surface area contributed by atoms with E-state index in [-0.39, 0.29) is 42.4 Å². The summed E-state index contributed by atoms with van der Waals surface area (Å²) in [5.41, 5.74) is 5.76. The van der Waals surface area contributed by atoms with Crippen molar-refractivity contribution in [3.63, 3.8) is 0 Å². The van der Waals surface area contributed by atoms with Crippen molar-refractivity contribution in [2.75, 3.05) is 18.9 Å². The van der Waals surface area contributed by atoms with Crippen LogP contribution in [0.1, 0.15) is 32.1 Å². The first-order valence-electron chi connectivity index (χ1n) is 7.40. The molecule has 0 saturated heterocycles. The number of hydrogen-bond acceptors (Lipinski definition) is 3. The fraction of sp³-hybridized carbons (Fsp3) is 0.533. The monoisotopic (exact) mass is 417 g/mol. The first-order chi connectivity index (χ1) is 10.2. The molecule has 3 N–H and O–H groups in total. The summed E-state index contributed by atoms with van der Waals surface area (Å²) in [6, 6.07) is 5.82. The number of aromatic nitrogens is 1. The van der Waals surface area contributed by atoms with E-state index in [1.54, 1.807) is 12.3 Å². The predicted octanol–water partition coefficient (Wildman–Crippen LogP) is 2.22. The number of guanidine groups is 1. The second-order valence-corrected chi connectivity index (χ2v) is 5.34. The lowest BCUT2D eigenvalue weighted by atomic mass is 9.94. The molecule has 0 spiro atoms. The maximum atomic E-state index is 12.1. The van der Waals surface area contributed by atoms with Crippen LogP contribution in [0.15, 0.2) is 29.4 Å². The number of aliphatic imine (C=N–C) groups is 1. The number of carbonyl (C=O) groups excluding carboxylic acids is 1. The number of hydrogen-bond donors (Lipinski definition) is 2. The van der Waals surface area contributed by atoms with Gasteiger partial charge in [-0.3, -0.25) is 4.79 Å². The highest BCUT2D eigenvalue weighted by atomic mass is 127. The van der Waals surface area contributed by atoms with Gasteiger partial charge in [0.05, 0.1) is 0 Å². The molecule has 1 aromatic heterocycles. The van der Waals surface area contributed by atoms with E-state index in [9.17, 15) is 4.79 Å². The summed E-state index contributed by atoms with van der Waals surface area (Å²) >= 11 is 0. The van der Waals surface area contributed by atoms with Crippen molar-refractivity contribution < 1.29 is 4.79 Å². The summed E-state index contributed by atoms with van der Waals surface area (Å²) in [6.45, 7) is 0.0681. The number of anilines is 1. The summed E-state index contributed by atoms with van der Waals surface area (Å²) in [5.74, 6) is 0.832. The van der Waals surface area contributed by atoms with Gasteiger partial charge < -0.3 is 16.0 Å². The first kappa shape index (κ1) is 18.7. The van der Waals surface area contributed by atoms with Crippen LogP contribution in [0.4, 0.5) is 5.82 Å². The van der Waals surface area contributed by atoms with Crippen LogP contribution >= 0.6 is 24.0 Å². The van der Waals surface area contributed by atoms with E-state index in [0.29, 0.717) is 11.9 Å². The lowest BCUT2D eigenvalue weighted by molar-refractivity contribution is -0.130. The van der Waals surface area contributed by atoms with Crippen LogP contribution in [-0.2, 0) is 4.79 Å². The smallest absolute Gasteiger partial charge is 0.244 e. The molecule has 122 valence electrons. The molecule has 1 amide bonds. The van der Waals surface area contributed by atoms with E-state index in [0.717, 1.165) is 12.8 Å². The summed E-state index contributed by atoms with van der Waals surface area (Å²) in [6.07, 6.45) is 7.53. The minimum absolute atomic E-state index is 0. The minimum atomic E-state index is 0. The predicted molar refractivity (Wildman–Crippen MR) is 99.4 cm³/mol. The number of halogens is 1. The number of rotatable bonds is 4. The Labute approximate surface area is 148 Å². The maximum Gasteiger partial charge on any atom is 0.244 e. The van der Waals surface area contributed by atoms with Gasteiger partial charge in [-0.2, -0.15) is 0 Å². The molecule has 0 aliphatic heterocycles. The quantitative estimate of drug-likeness (QED) is 0.447. The number of carbonyl (C=O) groups is 1. The van der Waals surface area contributed by atoms with E-state index in [4.69, 9.17) is 5.73 Å². The molecule has 6 nitrogen and oxygen atoms in total. The largest absolute Gasteiger partial charge is 0.370 e. The molecule has 22 heavy (non-hydrogen) atoms. The van der Waals surface area contributed by atoms with Crippen molar-refractivity contribution in [1.29, 1.82) is 0 Å². The van der Waals surface area contributed by atoms with Gasteiger partial charge >= 0.3 is 0 Å². The van der Waals surface area contributed by atoms with Crippen LogP contribution in [0, 0.1) is 0 Å². The highest BCUT2D eigenvalue weighted by molar-refractivity contribution is 14.0. The van der Waals surface area contributed by atoms with Gasteiger partial charge in [-0.25, -0.2) is 9.98 Å². The number of amides is 1. The fourth-order valence-electron chi connectivity index (χ4n) is 2.54. The molecule has 0 aromatic carbocycles. The minimum Gasteiger partial charge on any atom is -0.370 e. The fourth-order valence-corrected chi connectivity index (χ4v) is 2.54. The lowest BCUT2D eigenvalue weighted by Crippen LogP contribution is -2.40. The van der Waals surface area contributed by atoms with Crippen LogP contribution in [-0.4, -0.2) is 41.4 Å². The SMILES string of the molecule is CN(C(=O)CN=C(N)Nc1ccccn1)C1CCCCC1.I. The Bertz CT molecular complexity index is 488. The van der Waals surface area contributed by atoms with Gasteiger partial charge in [0.1, 0.15) is 12.4 Å². The third-order valence-corrected chi connectivity index (χ3v) is 3.82. The van der Waals surface area contributed by atoms with Crippen molar-refractivity contribution in [3.05, 3.63) is 24.4 Å². The first-order valence-corrected chi connectivity index (χ1v) is 7.40. The molecule has 1 heterocycles. The van der Waals surface area contributed by atoms with Crippen molar-refractivity contribution in [3.8, 4) is 0 Å². The second-order valence-electron chi connectivity index (χ2n) is 5.34. The van der Waals surface area contributed by atoms with Gasteiger partial charge in [0, 0.05) is 19.3 Å². The van der Waals surface area contributed by atoms with Crippen molar-refractivity contribution in [1.82, 2.24) is 9.88 Å². The van der Waals surface area contributed by atoms with Gasteiger partial charge in [-0.05, 0) is 25.0 Å². The molecule has 0 unspecified atom stereocenters. The van der Waals surface area contributed by atoms with Gasteiger partial charge in [0.25, 0.3) is 0 Å². The molecule has 1 aliphatic rings. The average Bonchev–Trinajstić information content (AvgIpc) is 2.53. The molecule has 0 atom stereocenters. The lowest BCUT2D eigenvalue weighted by Gasteiger charge is -2.30. The molecule has 1 aromatic rings. The van der Waals surface area contributed by atoms with E-state index in [2.05, 4.69) is 15.3 Å². The molecule has 1 saturated carbocycles. The Morgan fingerprint density at radius 1 is 1.41 bits per heavy atom. The molecule has 0 radical (unpaired) electrons. The van der Waals surface area contributed by atoms with Gasteiger partial charge in [-0.15, -0.1) is 24.0 Å². The number of nitrogens with zero attached hydrogens (tertiary/aromatic N) is 3. The van der Waals surface area contributed by atoms with E-state index >= 15 is 0 Å². The van der Waals surface area contributed by atoms with Crippen molar-refractivity contribution in [2.45, 2.75) is 38.1 Å². The normalized spacial score (nSPS) is 15.8. The van der Waals surface area contributed by atoms with Crippen LogP contribution in [0.3, 0.4) is 0 Å². The van der Waals surface area contributed by atoms with E-state index in [1.165, 1.54) is 19.3 Å². The van der Waals surface area contributed by atoms with E-state index in [1.807, 2.05) is 24.1 Å². The molecular formula is C15H24IN5O. The zero-order valence-corrected chi connectivity index (χ0v) is 15.2. The Morgan fingerprint density at radius 3 is 2.77 bits per heavy atom. The highest BCUT2D eigenvalue weighted by Crippen LogP contribution is 2.21. The van der Waals surface area contributed by atoms with Crippen LogP contribution in [0.5, 0.6) is 0 Å². The third-order valence-electron chi connectivity index (χ3n) is 3.82. The van der Waals surface area contributed by atoms with Crippen LogP contribution in [0.2, 0.25) is 0 Å². The maximum absolute atomic E-state index is 12.1. The number of nitrogens with two attached hydrogens (primary N) is 1. The Morgan fingerprint density at radius 2 is 2.14 bits per heavy atom. The van der Waals surface area contributed by atoms with Gasteiger partial charge in [0.2, 0.25) is 5.91 Å². The summed E-state index contributed by atoms with van der Waals surface area (Å²) < 4.78 is 0. The van der Waals surface area contributed by atoms with E-state index < -0.39 is 0 Å². The molecule has 0 bridgehead atoms. The number of likely N-dealkylation sites (N-methyl/N-ethyl adjacent to an activating group) is 1. The van der Waals surface area contributed by atoms with Gasteiger partial charge in [-0.1, -0.05) is 25.3 Å². The summed E-state index contributed by atoms with van der Waals surface area (Å²) in [5, 5.41) is 2.86. The topological polar surface area (TPSA) is 83.6 Å². The molecule has 1 fully saturated rings. The van der Waals surface area contributed by atoms with Crippen molar-refractivity contribution in [2.24, 2.45) is 10.7 Å². The Balaban J connectivity index is 0.00000242. The molecular weight excluding hydrogens is 393 g/mol.